The second-order valence-electron chi connectivity index (χ2n) is 32.5. The van der Waals surface area contributed by atoms with E-state index in [0.29, 0.717) is 31.6 Å². The van der Waals surface area contributed by atoms with Crippen molar-refractivity contribution in [2.24, 2.45) is 17.8 Å². The molecule has 0 radical (unpaired) electrons. The number of phosphoric ester groups is 2. The molecule has 106 heavy (non-hydrogen) atoms. The molecule has 19 heteroatoms. The van der Waals surface area contributed by atoms with Gasteiger partial charge in [-0.2, -0.15) is 0 Å². The first-order chi connectivity index (χ1) is 51.3. The molecule has 17 nitrogen and oxygen atoms in total. The first-order valence-corrected chi connectivity index (χ1v) is 47.9. The number of esters is 4. The zero-order chi connectivity index (χ0) is 77.9. The fourth-order valence-corrected chi connectivity index (χ4v) is 15.1. The van der Waals surface area contributed by atoms with Crippen LogP contribution in [0.2, 0.25) is 0 Å². The minimum absolute atomic E-state index is 0.106. The molecule has 0 aromatic heterocycles. The highest BCUT2D eigenvalue weighted by Gasteiger charge is 2.31. The third-order valence-electron chi connectivity index (χ3n) is 20.7. The van der Waals surface area contributed by atoms with Crippen LogP contribution in [0.5, 0.6) is 0 Å². The predicted molar refractivity (Wildman–Crippen MR) is 437 cm³/mol. The van der Waals surface area contributed by atoms with E-state index in [1.165, 1.54) is 263 Å². The molecule has 0 fully saturated rings. The standard InChI is InChI=1S/C87H170O17P2/c1-8-10-11-12-13-14-15-16-17-18-19-23-26-31-36-41-46-54-61-68-84(89)97-74-82(103-86(91)70-63-56-47-42-37-32-27-24-21-20-22-25-30-35-40-45-53-60-67-80(7)9-2)76-101-105(93,94)99-72-81(88)73-100-106(95,96)102-77-83(75-98-85(90)69-62-55-50-49-52-59-66-79(5)6)104-87(92)71-64-57-48-43-38-33-28-29-34-39-44-51-58-65-78(3)4/h78-83,88H,8-77H2,1-7H3,(H,93,94)(H,95,96)/t80?,81-,82-,83-/m1/s1. The van der Waals surface area contributed by atoms with Gasteiger partial charge in [-0.15, -0.1) is 0 Å². The van der Waals surface area contributed by atoms with Gasteiger partial charge in [0.1, 0.15) is 19.3 Å². The SMILES string of the molecule is CCCCCCCCCCCCCCCCCCCCCC(=O)OC[C@H](COP(=O)(O)OC[C@@H](O)COP(=O)(O)OC[C@@H](COC(=O)CCCCCCCCC(C)C)OC(=O)CCCCCCCCCCCCCCCC(C)C)OC(=O)CCCCCCCCCCCCCCCCCCCCC(C)CC. The summed E-state index contributed by atoms with van der Waals surface area (Å²) in [7, 11) is -9.93. The molecule has 0 heterocycles. The van der Waals surface area contributed by atoms with Gasteiger partial charge in [0.05, 0.1) is 26.4 Å². The predicted octanol–water partition coefficient (Wildman–Crippen LogP) is 26.5. The lowest BCUT2D eigenvalue weighted by atomic mass is 9.99. The minimum Gasteiger partial charge on any atom is -0.462 e. The Morgan fingerprint density at radius 2 is 0.481 bits per heavy atom. The van der Waals surface area contributed by atoms with E-state index in [0.717, 1.165) is 108 Å². The number of ether oxygens (including phenoxy) is 4. The van der Waals surface area contributed by atoms with Crippen molar-refractivity contribution in [2.75, 3.05) is 39.6 Å². The average Bonchev–Trinajstić information content (AvgIpc) is 0.906. The van der Waals surface area contributed by atoms with Crippen LogP contribution in [-0.2, 0) is 65.4 Å². The van der Waals surface area contributed by atoms with Gasteiger partial charge < -0.3 is 33.8 Å². The molecule has 0 aliphatic carbocycles. The number of phosphoric acid groups is 2. The van der Waals surface area contributed by atoms with E-state index in [1.807, 2.05) is 0 Å². The van der Waals surface area contributed by atoms with Crippen LogP contribution in [0.15, 0.2) is 0 Å². The molecule has 630 valence electrons. The lowest BCUT2D eigenvalue weighted by Gasteiger charge is -2.21. The van der Waals surface area contributed by atoms with Gasteiger partial charge in [-0.1, -0.05) is 408 Å². The molecule has 3 unspecified atom stereocenters. The van der Waals surface area contributed by atoms with Crippen LogP contribution in [0, 0.1) is 17.8 Å². The summed E-state index contributed by atoms with van der Waals surface area (Å²) in [4.78, 5) is 73.2. The maximum Gasteiger partial charge on any atom is 0.472 e. The Kier molecular flexibility index (Phi) is 75.6. The molecular weight excluding hydrogens is 1380 g/mol. The van der Waals surface area contributed by atoms with Crippen molar-refractivity contribution in [3.05, 3.63) is 0 Å². The lowest BCUT2D eigenvalue weighted by molar-refractivity contribution is -0.161. The van der Waals surface area contributed by atoms with Crippen molar-refractivity contribution in [1.82, 2.24) is 0 Å². The lowest BCUT2D eigenvalue weighted by Crippen LogP contribution is -2.30. The molecule has 0 saturated carbocycles. The maximum absolute atomic E-state index is 13.2. The molecule has 0 bridgehead atoms. The Morgan fingerprint density at radius 1 is 0.274 bits per heavy atom. The number of aliphatic hydroxyl groups is 1. The molecular formula is C87H170O17P2. The Hall–Kier alpha value is -1.94. The van der Waals surface area contributed by atoms with Gasteiger partial charge in [0.15, 0.2) is 12.2 Å². The van der Waals surface area contributed by atoms with Gasteiger partial charge in [-0.25, -0.2) is 9.13 Å². The third-order valence-corrected chi connectivity index (χ3v) is 22.6. The van der Waals surface area contributed by atoms with Crippen molar-refractivity contribution in [2.45, 2.75) is 478 Å². The highest BCUT2D eigenvalue weighted by Crippen LogP contribution is 2.45. The fraction of sp³-hybridized carbons (Fsp3) is 0.954. The number of carbonyl (C=O) groups is 4. The molecule has 0 aliphatic heterocycles. The first kappa shape index (κ1) is 104. The van der Waals surface area contributed by atoms with Crippen molar-refractivity contribution in [3.8, 4) is 0 Å². The summed E-state index contributed by atoms with van der Waals surface area (Å²) in [5.74, 6) is 0.231. The maximum atomic E-state index is 13.2. The summed E-state index contributed by atoms with van der Waals surface area (Å²) in [6.45, 7) is 12.0. The highest BCUT2D eigenvalue weighted by atomic mass is 31.2. The molecule has 0 amide bonds. The van der Waals surface area contributed by atoms with Crippen LogP contribution in [0.1, 0.15) is 459 Å². The van der Waals surface area contributed by atoms with Crippen LogP contribution >= 0.6 is 15.6 Å². The molecule has 0 saturated heterocycles. The number of unbranched alkanes of at least 4 members (excludes halogenated alkanes) is 52. The van der Waals surface area contributed by atoms with E-state index >= 15 is 0 Å². The van der Waals surface area contributed by atoms with Crippen LogP contribution in [0.4, 0.5) is 0 Å². The summed E-state index contributed by atoms with van der Waals surface area (Å²) in [5.41, 5.74) is 0. The van der Waals surface area contributed by atoms with Crippen molar-refractivity contribution in [1.29, 1.82) is 0 Å². The van der Waals surface area contributed by atoms with Gasteiger partial charge in [0.2, 0.25) is 0 Å². The number of aliphatic hydroxyl groups excluding tert-OH is 1. The number of hydrogen-bond acceptors (Lipinski definition) is 15. The van der Waals surface area contributed by atoms with E-state index in [4.69, 9.17) is 37.0 Å². The molecule has 3 N–H and O–H groups in total. The first-order valence-electron chi connectivity index (χ1n) is 44.9. The summed E-state index contributed by atoms with van der Waals surface area (Å²) in [6, 6.07) is 0. The minimum atomic E-state index is -4.97. The molecule has 6 atom stereocenters. The smallest absolute Gasteiger partial charge is 0.462 e. The molecule has 0 rings (SSSR count). The van der Waals surface area contributed by atoms with Crippen LogP contribution in [0.25, 0.3) is 0 Å². The monoisotopic (exact) mass is 1550 g/mol. The normalized spacial score (nSPS) is 14.1. The highest BCUT2D eigenvalue weighted by molar-refractivity contribution is 7.47. The van der Waals surface area contributed by atoms with E-state index in [9.17, 15) is 43.2 Å². The second kappa shape index (κ2) is 77.0. The Morgan fingerprint density at radius 3 is 0.717 bits per heavy atom. The van der Waals surface area contributed by atoms with E-state index < -0.39 is 97.5 Å². The largest absolute Gasteiger partial charge is 0.472 e. The van der Waals surface area contributed by atoms with E-state index in [1.54, 1.807) is 0 Å². The molecule has 0 aromatic carbocycles. The van der Waals surface area contributed by atoms with Gasteiger partial charge >= 0.3 is 39.5 Å². The van der Waals surface area contributed by atoms with Gasteiger partial charge in [-0.3, -0.25) is 37.3 Å². The number of rotatable bonds is 85. The summed E-state index contributed by atoms with van der Waals surface area (Å²) < 4.78 is 68.9. The van der Waals surface area contributed by atoms with Crippen LogP contribution in [-0.4, -0.2) is 96.7 Å². The Bertz CT molecular complexity index is 2050. The summed E-state index contributed by atoms with van der Waals surface area (Å²) in [6.07, 6.45) is 68.3. The van der Waals surface area contributed by atoms with Gasteiger partial charge in [0, 0.05) is 25.7 Å². The van der Waals surface area contributed by atoms with Crippen molar-refractivity contribution in [3.63, 3.8) is 0 Å². The molecule has 0 spiro atoms. The van der Waals surface area contributed by atoms with Crippen molar-refractivity contribution >= 4 is 39.5 Å². The van der Waals surface area contributed by atoms with E-state index in [-0.39, 0.29) is 25.7 Å². The van der Waals surface area contributed by atoms with Gasteiger partial charge in [-0.05, 0) is 43.4 Å². The summed E-state index contributed by atoms with van der Waals surface area (Å²) >= 11 is 0. The molecule has 0 aliphatic rings. The van der Waals surface area contributed by atoms with E-state index in [2.05, 4.69) is 48.5 Å². The van der Waals surface area contributed by atoms with Crippen LogP contribution < -0.4 is 0 Å². The van der Waals surface area contributed by atoms with Gasteiger partial charge in [0.25, 0.3) is 0 Å². The molecule has 0 aromatic rings. The zero-order valence-electron chi connectivity index (χ0n) is 69.9. The number of carbonyl (C=O) groups excluding carboxylic acids is 4. The van der Waals surface area contributed by atoms with Crippen LogP contribution in [0.3, 0.4) is 0 Å². The second-order valence-corrected chi connectivity index (χ2v) is 35.4. The Balaban J connectivity index is 5.21. The Labute approximate surface area is 651 Å². The topological polar surface area (TPSA) is 237 Å². The quantitative estimate of drug-likeness (QED) is 0.0222. The zero-order valence-corrected chi connectivity index (χ0v) is 71.7. The fourth-order valence-electron chi connectivity index (χ4n) is 13.5. The average molecular weight is 1550 g/mol. The third kappa shape index (κ3) is 78.7. The summed E-state index contributed by atoms with van der Waals surface area (Å²) in [5, 5.41) is 10.7. The number of hydrogen-bond donors (Lipinski definition) is 3. The van der Waals surface area contributed by atoms with Crippen molar-refractivity contribution < 1.29 is 80.2 Å².